The van der Waals surface area contributed by atoms with E-state index in [1.807, 2.05) is 0 Å². The average molecular weight is 238 g/mol. The monoisotopic (exact) mass is 238 g/mol. The lowest BCUT2D eigenvalue weighted by molar-refractivity contribution is -0.119. The van der Waals surface area contributed by atoms with Crippen molar-refractivity contribution in [1.82, 2.24) is 0 Å². The average Bonchev–Trinajstić information content (AvgIpc) is 2.63. The van der Waals surface area contributed by atoms with E-state index in [1.165, 1.54) is 51.0 Å². The lowest BCUT2D eigenvalue weighted by Gasteiger charge is -2.12. The minimum atomic E-state index is -0.521. The van der Waals surface area contributed by atoms with Crippen LogP contribution in [0.4, 0.5) is 0 Å². The van der Waals surface area contributed by atoms with Crippen molar-refractivity contribution in [3.05, 3.63) is 12.2 Å². The number of hydrogen-bond donors (Lipinski definition) is 1. The molecule has 0 aromatic carbocycles. The van der Waals surface area contributed by atoms with E-state index in [1.54, 1.807) is 6.08 Å². The molecule has 1 rings (SSSR count). The minimum absolute atomic E-state index is 0.112. The van der Waals surface area contributed by atoms with E-state index in [2.05, 4.69) is 6.92 Å². The van der Waals surface area contributed by atoms with Crippen LogP contribution in [0.25, 0.3) is 0 Å². The maximum Gasteiger partial charge on any atom is 0.161 e. The summed E-state index contributed by atoms with van der Waals surface area (Å²) in [4.78, 5) is 11.4. The Morgan fingerprint density at radius 3 is 2.18 bits per heavy atom. The smallest absolute Gasteiger partial charge is 0.161 e. The van der Waals surface area contributed by atoms with Gasteiger partial charge in [-0.15, -0.1) is 0 Å². The molecule has 1 N–H and O–H groups in total. The molecule has 0 saturated heterocycles. The maximum atomic E-state index is 11.4. The number of unbranched alkanes of at least 4 members (excludes halogenated alkanes) is 7. The van der Waals surface area contributed by atoms with Gasteiger partial charge >= 0.3 is 0 Å². The molecule has 2 heteroatoms. The van der Waals surface area contributed by atoms with E-state index in [4.69, 9.17) is 0 Å². The summed E-state index contributed by atoms with van der Waals surface area (Å²) in [7, 11) is 0. The second kappa shape index (κ2) is 8.46. The molecule has 0 radical (unpaired) electrons. The summed E-state index contributed by atoms with van der Waals surface area (Å²) in [6.45, 7) is 2.23. The first-order chi connectivity index (χ1) is 8.25. The highest BCUT2D eigenvalue weighted by Crippen LogP contribution is 2.22. The Labute approximate surface area is 105 Å². The molecule has 0 saturated carbocycles. The lowest BCUT2D eigenvalue weighted by Crippen LogP contribution is -2.19. The van der Waals surface area contributed by atoms with Gasteiger partial charge in [-0.25, -0.2) is 0 Å². The molecule has 17 heavy (non-hydrogen) atoms. The third-order valence-electron chi connectivity index (χ3n) is 3.60. The highest BCUT2D eigenvalue weighted by Gasteiger charge is 2.27. The van der Waals surface area contributed by atoms with Gasteiger partial charge in [0, 0.05) is 0 Å². The highest BCUT2D eigenvalue weighted by atomic mass is 16.3. The molecule has 0 bridgehead atoms. The van der Waals surface area contributed by atoms with Crippen molar-refractivity contribution in [2.45, 2.75) is 70.8 Å². The number of carbonyl (C=O) groups is 1. The number of aliphatic hydroxyl groups excluding tert-OH is 1. The lowest BCUT2D eigenvalue weighted by atomic mass is 9.95. The standard InChI is InChI=1S/C15H26O2/c1-2-3-4-5-6-7-8-9-10-13-14(16)11-12-15(13)17/h11-14,16H,2-10H2,1H3/t13-,14+/m1/s1. The Balaban J connectivity index is 1.92. The molecule has 0 aromatic heterocycles. The third kappa shape index (κ3) is 5.49. The predicted octanol–water partition coefficient (Wildman–Crippen LogP) is 3.63. The zero-order valence-corrected chi connectivity index (χ0v) is 11.0. The van der Waals surface area contributed by atoms with E-state index in [9.17, 15) is 9.90 Å². The first-order valence-electron chi connectivity index (χ1n) is 7.16. The number of aliphatic hydroxyl groups is 1. The van der Waals surface area contributed by atoms with Gasteiger partial charge in [-0.2, -0.15) is 0 Å². The normalized spacial score (nSPS) is 23.5. The molecule has 0 spiro atoms. The molecule has 0 unspecified atom stereocenters. The molecule has 0 fully saturated rings. The fraction of sp³-hybridized carbons (Fsp3) is 0.800. The van der Waals surface area contributed by atoms with Crippen molar-refractivity contribution < 1.29 is 9.90 Å². The van der Waals surface area contributed by atoms with Crippen LogP contribution in [-0.2, 0) is 4.79 Å². The summed E-state index contributed by atoms with van der Waals surface area (Å²) in [5.74, 6) is -0.0319. The molecule has 2 nitrogen and oxygen atoms in total. The molecule has 98 valence electrons. The predicted molar refractivity (Wildman–Crippen MR) is 70.9 cm³/mol. The van der Waals surface area contributed by atoms with Gasteiger partial charge in [0.15, 0.2) is 5.78 Å². The summed E-state index contributed by atoms with van der Waals surface area (Å²) >= 11 is 0. The zero-order chi connectivity index (χ0) is 12.5. The first kappa shape index (κ1) is 14.4. The Morgan fingerprint density at radius 2 is 1.65 bits per heavy atom. The Hall–Kier alpha value is -0.630. The van der Waals surface area contributed by atoms with Gasteiger partial charge in [0.2, 0.25) is 0 Å². The van der Waals surface area contributed by atoms with Gasteiger partial charge in [0.25, 0.3) is 0 Å². The second-order valence-corrected chi connectivity index (χ2v) is 5.12. The van der Waals surface area contributed by atoms with Gasteiger partial charge in [-0.3, -0.25) is 4.79 Å². The van der Waals surface area contributed by atoms with Crippen LogP contribution < -0.4 is 0 Å². The van der Waals surface area contributed by atoms with E-state index >= 15 is 0 Å². The molecule has 1 aliphatic carbocycles. The van der Waals surface area contributed by atoms with Crippen molar-refractivity contribution in [1.29, 1.82) is 0 Å². The van der Waals surface area contributed by atoms with Crippen LogP contribution in [0, 0.1) is 5.92 Å². The van der Waals surface area contributed by atoms with Crippen LogP contribution in [0.1, 0.15) is 64.7 Å². The van der Waals surface area contributed by atoms with Gasteiger partial charge in [0.1, 0.15) is 0 Å². The fourth-order valence-electron chi connectivity index (χ4n) is 2.43. The molecule has 0 heterocycles. The number of allylic oxidation sites excluding steroid dienone is 1. The van der Waals surface area contributed by atoms with Crippen LogP contribution in [0.3, 0.4) is 0 Å². The number of ketones is 1. The number of carbonyl (C=O) groups excluding carboxylic acids is 1. The topological polar surface area (TPSA) is 37.3 Å². The molecule has 1 aliphatic rings. The van der Waals surface area contributed by atoms with Gasteiger partial charge < -0.3 is 5.11 Å². The quantitative estimate of drug-likeness (QED) is 0.623. The van der Waals surface area contributed by atoms with E-state index in [0.29, 0.717) is 0 Å². The maximum absolute atomic E-state index is 11.4. The van der Waals surface area contributed by atoms with Crippen LogP contribution in [0.5, 0.6) is 0 Å². The zero-order valence-electron chi connectivity index (χ0n) is 11.0. The molecule has 2 atom stereocenters. The van der Waals surface area contributed by atoms with Crippen LogP contribution in [-0.4, -0.2) is 17.0 Å². The largest absolute Gasteiger partial charge is 0.388 e. The van der Waals surface area contributed by atoms with E-state index < -0.39 is 6.10 Å². The third-order valence-corrected chi connectivity index (χ3v) is 3.60. The minimum Gasteiger partial charge on any atom is -0.388 e. The molecular formula is C15H26O2. The van der Waals surface area contributed by atoms with Crippen molar-refractivity contribution in [3.63, 3.8) is 0 Å². The summed E-state index contributed by atoms with van der Waals surface area (Å²) < 4.78 is 0. The van der Waals surface area contributed by atoms with Crippen molar-refractivity contribution >= 4 is 5.78 Å². The second-order valence-electron chi connectivity index (χ2n) is 5.12. The van der Waals surface area contributed by atoms with Gasteiger partial charge in [0.05, 0.1) is 12.0 Å². The number of hydrogen-bond acceptors (Lipinski definition) is 2. The van der Waals surface area contributed by atoms with Crippen LogP contribution >= 0.6 is 0 Å². The summed E-state index contributed by atoms with van der Waals surface area (Å²) in [5.41, 5.74) is 0. The van der Waals surface area contributed by atoms with E-state index in [-0.39, 0.29) is 11.7 Å². The van der Waals surface area contributed by atoms with Crippen molar-refractivity contribution in [2.75, 3.05) is 0 Å². The van der Waals surface area contributed by atoms with Gasteiger partial charge in [-0.05, 0) is 12.5 Å². The SMILES string of the molecule is CCCCCCCCCC[C@H]1C(=O)C=C[C@@H]1O. The Kier molecular flexibility index (Phi) is 7.18. The first-order valence-corrected chi connectivity index (χ1v) is 7.16. The number of rotatable bonds is 9. The molecular weight excluding hydrogens is 212 g/mol. The Bertz CT molecular complexity index is 245. The molecule has 0 amide bonds. The van der Waals surface area contributed by atoms with Crippen LogP contribution in [0.2, 0.25) is 0 Å². The molecule has 0 aromatic rings. The van der Waals surface area contributed by atoms with Crippen molar-refractivity contribution in [2.24, 2.45) is 5.92 Å². The summed E-state index contributed by atoms with van der Waals surface area (Å²) in [6.07, 6.45) is 13.7. The fourth-order valence-corrected chi connectivity index (χ4v) is 2.43. The summed E-state index contributed by atoms with van der Waals surface area (Å²) in [5, 5.41) is 9.55. The summed E-state index contributed by atoms with van der Waals surface area (Å²) in [6, 6.07) is 0. The van der Waals surface area contributed by atoms with Gasteiger partial charge in [-0.1, -0.05) is 64.4 Å². The Morgan fingerprint density at radius 1 is 1.06 bits per heavy atom. The van der Waals surface area contributed by atoms with Crippen molar-refractivity contribution in [3.8, 4) is 0 Å². The molecule has 0 aliphatic heterocycles. The highest BCUT2D eigenvalue weighted by molar-refractivity contribution is 5.94. The van der Waals surface area contributed by atoms with E-state index in [0.717, 1.165) is 12.8 Å². The van der Waals surface area contributed by atoms with Crippen LogP contribution in [0.15, 0.2) is 12.2 Å².